The number of fused-ring (bicyclic) bond motifs is 1. The number of carbonyl (C=O) groups is 2. The van der Waals surface area contributed by atoms with Crippen LogP contribution in [0.5, 0.6) is 0 Å². The fraction of sp³-hybridized carbons (Fsp3) is 0.125. The van der Waals surface area contributed by atoms with Crippen LogP contribution in [0.1, 0.15) is 21.9 Å². The summed E-state index contributed by atoms with van der Waals surface area (Å²) in [4.78, 5) is 32.4. The summed E-state index contributed by atoms with van der Waals surface area (Å²) in [7, 11) is 0. The van der Waals surface area contributed by atoms with Gasteiger partial charge in [0, 0.05) is 35.6 Å². The molecule has 3 aromatic carbocycles. The van der Waals surface area contributed by atoms with Crippen LogP contribution in [0.25, 0.3) is 16.9 Å². The van der Waals surface area contributed by atoms with E-state index in [1.807, 2.05) is 30.3 Å². The molecule has 5 aromatic rings. The maximum absolute atomic E-state index is 15.3. The molecule has 42 heavy (non-hydrogen) atoms. The van der Waals surface area contributed by atoms with Gasteiger partial charge in [0.05, 0.1) is 22.4 Å². The Balaban J connectivity index is 1.52. The highest BCUT2D eigenvalue weighted by atomic mass is 32.2. The lowest BCUT2D eigenvalue weighted by Gasteiger charge is -2.23. The third kappa shape index (κ3) is 5.53. The third-order valence-corrected chi connectivity index (χ3v) is 8.17. The van der Waals surface area contributed by atoms with Gasteiger partial charge in [0.25, 0.3) is 0 Å². The molecule has 1 aliphatic rings. The Morgan fingerprint density at radius 2 is 1.64 bits per heavy atom. The molecule has 0 unspecified atom stereocenters. The zero-order chi connectivity index (χ0) is 29.1. The number of thioether (sulfide) groups is 1. The minimum absolute atomic E-state index is 0.00294. The topological polar surface area (TPSA) is 80.1 Å². The number of hydrogen-bond acceptors (Lipinski definition) is 5. The number of benzene rings is 3. The van der Waals surface area contributed by atoms with Gasteiger partial charge in [-0.2, -0.15) is 5.10 Å². The van der Waals surface area contributed by atoms with Crippen molar-refractivity contribution in [3.8, 4) is 16.9 Å². The van der Waals surface area contributed by atoms with E-state index in [-0.39, 0.29) is 30.7 Å². The SMILES string of the molecule is O=C(CN1C(=O)CS[C@@H](c2ccccc2F)c2c(-c3ccccc3)nn(-c3ccc(F)cc3)c21)NCc1ccncc1. The van der Waals surface area contributed by atoms with Crippen molar-refractivity contribution >= 4 is 29.4 Å². The number of halogens is 2. The maximum atomic E-state index is 15.3. The monoisotopic (exact) mass is 581 g/mol. The average Bonchev–Trinajstić information content (AvgIpc) is 3.34. The smallest absolute Gasteiger partial charge is 0.240 e. The standard InChI is InChI=1S/C32H25F2N5O2S/c33-23-10-12-24(13-11-23)39-32-29(30(37-39)22-6-2-1-3-7-22)31(25-8-4-5-9-26(25)34)42-20-28(41)38(32)19-27(40)36-18-21-14-16-35-17-15-21/h1-17,31H,18-20H2,(H,36,40)/t31-/m0/s1. The number of aromatic nitrogens is 3. The maximum Gasteiger partial charge on any atom is 0.240 e. The number of hydrogen-bond donors (Lipinski definition) is 1. The second kappa shape index (κ2) is 12.0. The van der Waals surface area contributed by atoms with Gasteiger partial charge >= 0.3 is 0 Å². The Morgan fingerprint density at radius 3 is 2.38 bits per heavy atom. The van der Waals surface area contributed by atoms with E-state index in [4.69, 9.17) is 5.10 Å². The molecule has 210 valence electrons. The van der Waals surface area contributed by atoms with Crippen LogP contribution in [0, 0.1) is 11.6 Å². The van der Waals surface area contributed by atoms with E-state index in [1.165, 1.54) is 34.9 Å². The molecule has 10 heteroatoms. The van der Waals surface area contributed by atoms with Gasteiger partial charge in [-0.05, 0) is 48.0 Å². The number of carbonyl (C=O) groups excluding carboxylic acids is 2. The summed E-state index contributed by atoms with van der Waals surface area (Å²) >= 11 is 1.28. The third-order valence-electron chi connectivity index (χ3n) is 6.94. The van der Waals surface area contributed by atoms with Crippen LogP contribution in [0.2, 0.25) is 0 Å². The molecule has 0 saturated carbocycles. The highest BCUT2D eigenvalue weighted by molar-refractivity contribution is 8.00. The Bertz CT molecular complexity index is 1730. The molecule has 7 nitrogen and oxygen atoms in total. The lowest BCUT2D eigenvalue weighted by Crippen LogP contribution is -2.42. The number of rotatable bonds is 7. The molecule has 1 N–H and O–H groups in total. The average molecular weight is 582 g/mol. The van der Waals surface area contributed by atoms with E-state index in [9.17, 15) is 14.0 Å². The molecule has 3 heterocycles. The van der Waals surface area contributed by atoms with E-state index in [0.29, 0.717) is 28.3 Å². The first-order valence-electron chi connectivity index (χ1n) is 13.3. The van der Waals surface area contributed by atoms with Crippen LogP contribution in [0.15, 0.2) is 103 Å². The molecule has 0 bridgehead atoms. The van der Waals surface area contributed by atoms with Crippen molar-refractivity contribution in [3.05, 3.63) is 132 Å². The lowest BCUT2D eigenvalue weighted by molar-refractivity contribution is -0.123. The fourth-order valence-corrected chi connectivity index (χ4v) is 6.14. The molecule has 2 aromatic heterocycles. The molecule has 0 aliphatic carbocycles. The van der Waals surface area contributed by atoms with Crippen molar-refractivity contribution in [1.29, 1.82) is 0 Å². The first-order valence-corrected chi connectivity index (χ1v) is 14.3. The second-order valence-electron chi connectivity index (χ2n) is 9.66. The predicted octanol–water partition coefficient (Wildman–Crippen LogP) is 5.70. The Morgan fingerprint density at radius 1 is 0.929 bits per heavy atom. The summed E-state index contributed by atoms with van der Waals surface area (Å²) in [5.41, 5.74) is 3.63. The van der Waals surface area contributed by atoms with Crippen molar-refractivity contribution in [2.75, 3.05) is 17.2 Å². The molecule has 1 atom stereocenters. The van der Waals surface area contributed by atoms with E-state index in [2.05, 4.69) is 10.3 Å². The van der Waals surface area contributed by atoms with Crippen LogP contribution in [-0.4, -0.2) is 38.9 Å². The summed E-state index contributed by atoms with van der Waals surface area (Å²) < 4.78 is 30.8. The minimum Gasteiger partial charge on any atom is -0.350 e. The largest absolute Gasteiger partial charge is 0.350 e. The number of nitrogens with zero attached hydrogens (tertiary/aromatic N) is 4. The predicted molar refractivity (Wildman–Crippen MR) is 158 cm³/mol. The zero-order valence-corrected chi connectivity index (χ0v) is 23.1. The molecule has 0 spiro atoms. The van der Waals surface area contributed by atoms with E-state index in [0.717, 1.165) is 11.1 Å². The summed E-state index contributed by atoms with van der Waals surface area (Å²) in [5.74, 6) is -1.21. The van der Waals surface area contributed by atoms with Crippen molar-refractivity contribution in [2.24, 2.45) is 0 Å². The van der Waals surface area contributed by atoms with Gasteiger partial charge in [-0.15, -0.1) is 11.8 Å². The molecule has 6 rings (SSSR count). The first kappa shape index (κ1) is 27.3. The number of anilines is 1. The van der Waals surface area contributed by atoms with Crippen molar-refractivity contribution in [3.63, 3.8) is 0 Å². The number of amides is 2. The fourth-order valence-electron chi connectivity index (χ4n) is 4.92. The molecular formula is C32H25F2N5O2S. The molecule has 1 aliphatic heterocycles. The van der Waals surface area contributed by atoms with Gasteiger partial charge in [0.1, 0.15) is 24.0 Å². The Hall–Kier alpha value is -4.83. The lowest BCUT2D eigenvalue weighted by atomic mass is 9.99. The van der Waals surface area contributed by atoms with Gasteiger partial charge in [0.2, 0.25) is 11.8 Å². The van der Waals surface area contributed by atoms with Crippen molar-refractivity contribution < 1.29 is 18.4 Å². The summed E-state index contributed by atoms with van der Waals surface area (Å²) in [5, 5.41) is 7.18. The second-order valence-corrected chi connectivity index (χ2v) is 10.8. The molecule has 0 fully saturated rings. The van der Waals surface area contributed by atoms with Crippen LogP contribution < -0.4 is 10.2 Å². The minimum atomic E-state index is -0.612. The van der Waals surface area contributed by atoms with Gasteiger partial charge < -0.3 is 5.32 Å². The van der Waals surface area contributed by atoms with Crippen molar-refractivity contribution in [2.45, 2.75) is 11.8 Å². The number of pyridine rings is 1. The first-order chi connectivity index (χ1) is 20.5. The van der Waals surface area contributed by atoms with E-state index in [1.54, 1.807) is 59.5 Å². The molecule has 2 amide bonds. The molecular weight excluding hydrogens is 556 g/mol. The van der Waals surface area contributed by atoms with Crippen LogP contribution in [0.4, 0.5) is 14.6 Å². The zero-order valence-electron chi connectivity index (χ0n) is 22.3. The number of nitrogens with one attached hydrogen (secondary N) is 1. The Labute approximate surface area is 245 Å². The van der Waals surface area contributed by atoms with E-state index >= 15 is 4.39 Å². The highest BCUT2D eigenvalue weighted by Gasteiger charge is 2.38. The van der Waals surface area contributed by atoms with E-state index < -0.39 is 16.9 Å². The van der Waals surface area contributed by atoms with Gasteiger partial charge in [-0.25, -0.2) is 13.5 Å². The van der Waals surface area contributed by atoms with Gasteiger partial charge in [-0.1, -0.05) is 48.5 Å². The molecule has 0 radical (unpaired) electrons. The summed E-state index contributed by atoms with van der Waals surface area (Å²) in [6.07, 6.45) is 3.27. The normalized spacial score (nSPS) is 14.8. The molecule has 0 saturated heterocycles. The van der Waals surface area contributed by atoms with Crippen LogP contribution in [-0.2, 0) is 16.1 Å². The summed E-state index contributed by atoms with van der Waals surface area (Å²) in [6, 6.07) is 25.2. The van der Waals surface area contributed by atoms with Gasteiger partial charge in [-0.3, -0.25) is 19.5 Å². The summed E-state index contributed by atoms with van der Waals surface area (Å²) in [6.45, 7) is -0.0298. The Kier molecular flexibility index (Phi) is 7.78. The highest BCUT2D eigenvalue weighted by Crippen LogP contribution is 2.49. The van der Waals surface area contributed by atoms with Crippen LogP contribution >= 0.6 is 11.8 Å². The van der Waals surface area contributed by atoms with Crippen molar-refractivity contribution in [1.82, 2.24) is 20.1 Å². The van der Waals surface area contributed by atoms with Crippen LogP contribution in [0.3, 0.4) is 0 Å². The van der Waals surface area contributed by atoms with Gasteiger partial charge in [0.15, 0.2) is 0 Å². The quantitative estimate of drug-likeness (QED) is 0.267.